The molecule has 0 fully saturated rings. The fourth-order valence-corrected chi connectivity index (χ4v) is 9.60. The Morgan fingerprint density at radius 2 is 0.879 bits per heavy atom. The molecule has 0 spiro atoms. The monoisotopic (exact) mass is 748 g/mol. The van der Waals surface area contributed by atoms with Crippen LogP contribution in [0.5, 0.6) is 0 Å². The first-order chi connectivity index (χ1) is 28.6. The Morgan fingerprint density at radius 1 is 0.466 bits per heavy atom. The van der Waals surface area contributed by atoms with Crippen molar-refractivity contribution in [2.24, 2.45) is 0 Å². The summed E-state index contributed by atoms with van der Waals surface area (Å²) in [6.07, 6.45) is 15.8. The molecule has 0 unspecified atom stereocenters. The zero-order chi connectivity index (χ0) is 38.7. The number of para-hydroxylation sites is 2. The van der Waals surface area contributed by atoms with E-state index in [4.69, 9.17) is 0 Å². The van der Waals surface area contributed by atoms with Crippen LogP contribution in [0.1, 0.15) is 44.5 Å². The van der Waals surface area contributed by atoms with Gasteiger partial charge >= 0.3 is 0 Å². The molecule has 4 nitrogen and oxygen atoms in total. The third-order valence-electron chi connectivity index (χ3n) is 12.7. The van der Waals surface area contributed by atoms with Crippen molar-refractivity contribution in [3.63, 3.8) is 0 Å². The van der Waals surface area contributed by atoms with Crippen LogP contribution in [-0.2, 0) is 25.9 Å². The third-order valence-corrected chi connectivity index (χ3v) is 12.7. The summed E-state index contributed by atoms with van der Waals surface area (Å²) in [6, 6.07) is 47.9. The smallest absolute Gasteiger partial charge is 0.214 e. The van der Waals surface area contributed by atoms with Gasteiger partial charge < -0.3 is 9.97 Å². The average Bonchev–Trinajstić information content (AvgIpc) is 3.85. The van der Waals surface area contributed by atoms with Crippen LogP contribution in [0.25, 0.3) is 91.1 Å². The topological polar surface area (TPSA) is 39.3 Å². The lowest BCUT2D eigenvalue weighted by Gasteiger charge is -2.27. The molecule has 0 amide bonds. The Morgan fingerprint density at radius 3 is 1.33 bits per heavy atom. The first-order valence-corrected chi connectivity index (χ1v) is 20.5. The van der Waals surface area contributed by atoms with E-state index >= 15 is 0 Å². The number of aromatic nitrogens is 4. The fraction of sp³-hybridized carbons (Fsp3) is 0.111. The second kappa shape index (κ2) is 13.9. The van der Waals surface area contributed by atoms with Crippen molar-refractivity contribution in [2.45, 2.75) is 39.8 Å². The zero-order valence-electron chi connectivity index (χ0n) is 32.9. The quantitative estimate of drug-likeness (QED) is 0.159. The minimum Gasteiger partial charge on any atom is -0.354 e. The minimum absolute atomic E-state index is 0.975. The highest BCUT2D eigenvalue weighted by molar-refractivity contribution is 6.00. The number of nitrogens with one attached hydrogen (secondary N) is 2. The number of H-pyrrole nitrogens is 2. The summed E-state index contributed by atoms with van der Waals surface area (Å²) < 4.78 is 4.95. The second-order valence-electron chi connectivity index (χ2n) is 15.9. The molecule has 0 atom stereocenters. The first kappa shape index (κ1) is 34.2. The Labute approximate surface area is 339 Å². The van der Waals surface area contributed by atoms with Gasteiger partial charge in [0.15, 0.2) is 25.5 Å². The number of aryl methyl sites for hydroxylation is 2. The molecule has 278 valence electrons. The standard InChI is InChI=1S/C54H42N4/c1-35-36(2)42-28-32-58-30-26-38(22-24-46-44-18-10-12-20-48(44)56-54(46)40-15-7-4-8-16-40)34-50(58)52(42)51-41(35)27-31-57-29-25-37(33-49(51)57)21-23-45-43-17-9-11-19-47(43)55-53(45)39-13-5-3-6-14-39/h3-26,29-30,33-34H,27-28,31-32H2,1-2H3/p+2. The van der Waals surface area contributed by atoms with Crippen molar-refractivity contribution in [2.75, 3.05) is 0 Å². The summed E-state index contributed by atoms with van der Waals surface area (Å²) in [5.74, 6) is 0. The van der Waals surface area contributed by atoms with Crippen molar-refractivity contribution in [3.05, 3.63) is 190 Å². The lowest BCUT2D eigenvalue weighted by molar-refractivity contribution is -0.689. The third kappa shape index (κ3) is 5.67. The summed E-state index contributed by atoms with van der Waals surface area (Å²) in [7, 11) is 0. The number of hydrogen-bond acceptors (Lipinski definition) is 0. The van der Waals surface area contributed by atoms with Gasteiger partial charge in [-0.1, -0.05) is 121 Å². The van der Waals surface area contributed by atoms with Crippen molar-refractivity contribution in [3.8, 4) is 45.0 Å². The van der Waals surface area contributed by atoms with E-state index in [1.165, 1.54) is 88.9 Å². The van der Waals surface area contributed by atoms with E-state index in [1.54, 1.807) is 0 Å². The number of aromatic amines is 2. The van der Waals surface area contributed by atoms with E-state index in [0.717, 1.165) is 48.4 Å². The summed E-state index contributed by atoms with van der Waals surface area (Å²) in [4.78, 5) is 7.42. The SMILES string of the molecule is Cc1c(C)c2c(c3c1CC[n+]1ccc(/C=C/c4c(-c5ccccc5)[nH]c5ccccc45)cc1-3)-c1cc(/C=C/c3c(-c4ccccc4)[nH]c4ccccc34)cc[n+]1CC2. The number of hydrogen-bond donors (Lipinski definition) is 2. The van der Waals surface area contributed by atoms with Gasteiger partial charge in [0, 0.05) is 70.0 Å². The number of nitrogens with zero attached hydrogens (tertiary/aromatic N) is 2. The highest BCUT2D eigenvalue weighted by atomic mass is 15.0. The Hall–Kier alpha value is -7.04. The molecule has 0 saturated carbocycles. The number of benzene rings is 5. The van der Waals surface area contributed by atoms with Gasteiger partial charge in [0.05, 0.1) is 22.5 Å². The van der Waals surface area contributed by atoms with Crippen LogP contribution >= 0.6 is 0 Å². The van der Waals surface area contributed by atoms with Gasteiger partial charge in [-0.15, -0.1) is 0 Å². The van der Waals surface area contributed by atoms with Crippen molar-refractivity contribution < 1.29 is 9.13 Å². The largest absolute Gasteiger partial charge is 0.354 e. The number of fused-ring (bicyclic) bond motifs is 9. The molecule has 5 aromatic carbocycles. The summed E-state index contributed by atoms with van der Waals surface area (Å²) in [5, 5.41) is 2.46. The van der Waals surface area contributed by atoms with Gasteiger partial charge in [-0.05, 0) is 70.5 Å². The summed E-state index contributed by atoms with van der Waals surface area (Å²) >= 11 is 0. The molecule has 0 aliphatic carbocycles. The van der Waals surface area contributed by atoms with Gasteiger partial charge in [-0.3, -0.25) is 0 Å². The number of pyridine rings is 2. The Kier molecular flexibility index (Phi) is 8.18. The molecule has 0 radical (unpaired) electrons. The van der Waals surface area contributed by atoms with Crippen LogP contribution < -0.4 is 9.13 Å². The maximum Gasteiger partial charge on any atom is 0.214 e. The van der Waals surface area contributed by atoms with Crippen LogP contribution in [0, 0.1) is 13.8 Å². The molecule has 2 N–H and O–H groups in total. The molecular weight excluding hydrogens is 705 g/mol. The normalized spacial score (nSPS) is 13.3. The molecule has 11 rings (SSSR count). The van der Waals surface area contributed by atoms with E-state index in [0.29, 0.717) is 0 Å². The van der Waals surface area contributed by atoms with Gasteiger partial charge in [-0.25, -0.2) is 0 Å². The fourth-order valence-electron chi connectivity index (χ4n) is 9.60. The molecule has 2 aliphatic rings. The highest BCUT2D eigenvalue weighted by Crippen LogP contribution is 2.43. The second-order valence-corrected chi connectivity index (χ2v) is 15.9. The van der Waals surface area contributed by atoms with Crippen LogP contribution in [0.4, 0.5) is 0 Å². The van der Waals surface area contributed by atoms with Gasteiger partial charge in [-0.2, -0.15) is 9.13 Å². The van der Waals surface area contributed by atoms with Gasteiger partial charge in [0.25, 0.3) is 0 Å². The molecule has 0 bridgehead atoms. The van der Waals surface area contributed by atoms with Crippen LogP contribution in [0.15, 0.2) is 146 Å². The van der Waals surface area contributed by atoms with E-state index in [9.17, 15) is 0 Å². The lowest BCUT2D eigenvalue weighted by Crippen LogP contribution is -2.43. The molecule has 4 aromatic heterocycles. The molecule has 2 aliphatic heterocycles. The molecule has 0 saturated heterocycles. The van der Waals surface area contributed by atoms with E-state index < -0.39 is 0 Å². The molecule has 58 heavy (non-hydrogen) atoms. The maximum atomic E-state index is 3.71. The zero-order valence-corrected chi connectivity index (χ0v) is 32.9. The van der Waals surface area contributed by atoms with Gasteiger partial charge in [0.2, 0.25) is 11.4 Å². The highest BCUT2D eigenvalue weighted by Gasteiger charge is 2.36. The van der Waals surface area contributed by atoms with Crippen molar-refractivity contribution in [1.29, 1.82) is 0 Å². The predicted octanol–water partition coefficient (Wildman–Crippen LogP) is 12.0. The Bertz CT molecular complexity index is 2910. The maximum absolute atomic E-state index is 3.71. The van der Waals surface area contributed by atoms with Crippen molar-refractivity contribution in [1.82, 2.24) is 9.97 Å². The van der Waals surface area contributed by atoms with E-state index in [2.05, 4.69) is 203 Å². The summed E-state index contributed by atoms with van der Waals surface area (Å²) in [6.45, 7) is 6.65. The van der Waals surface area contributed by atoms with Crippen LogP contribution in [-0.4, -0.2) is 9.97 Å². The van der Waals surface area contributed by atoms with Crippen molar-refractivity contribution >= 4 is 46.1 Å². The lowest BCUT2D eigenvalue weighted by atomic mass is 9.79. The predicted molar refractivity (Wildman–Crippen MR) is 240 cm³/mol. The first-order valence-electron chi connectivity index (χ1n) is 20.5. The summed E-state index contributed by atoms with van der Waals surface area (Å²) in [5.41, 5.74) is 23.1. The molecule has 4 heteroatoms. The van der Waals surface area contributed by atoms with E-state index in [-0.39, 0.29) is 0 Å². The average molecular weight is 749 g/mol. The minimum atomic E-state index is 0.975. The molecule has 6 heterocycles. The molecular formula is C54H44N4+2. The Balaban J connectivity index is 1.03. The number of rotatable bonds is 6. The van der Waals surface area contributed by atoms with Gasteiger partial charge in [0.1, 0.15) is 0 Å². The van der Waals surface area contributed by atoms with Crippen LogP contribution in [0.3, 0.4) is 0 Å². The van der Waals surface area contributed by atoms with Crippen LogP contribution in [0.2, 0.25) is 0 Å². The molecule has 9 aromatic rings. The van der Waals surface area contributed by atoms with E-state index in [1.807, 2.05) is 0 Å².